The zero-order valence-corrected chi connectivity index (χ0v) is 15.4. The highest BCUT2D eigenvalue weighted by atomic mass is 35.5. The van der Waals surface area contributed by atoms with E-state index in [9.17, 15) is 19.1 Å². The number of nitrogens with zero attached hydrogens (tertiary/aromatic N) is 1. The molecule has 0 spiro atoms. The van der Waals surface area contributed by atoms with Gasteiger partial charge in [0.05, 0.1) is 0 Å². The Kier molecular flexibility index (Phi) is 5.77. The van der Waals surface area contributed by atoms with E-state index >= 15 is 0 Å². The first kappa shape index (κ1) is 19.3. The highest BCUT2D eigenvalue weighted by Crippen LogP contribution is 2.24. The Bertz CT molecular complexity index is 826. The molecule has 2 aromatic carbocycles. The summed E-state index contributed by atoms with van der Waals surface area (Å²) in [5.41, 5.74) is -0.565. The van der Waals surface area contributed by atoms with Crippen molar-refractivity contribution in [2.75, 3.05) is 13.1 Å². The maximum absolute atomic E-state index is 13.4. The molecule has 27 heavy (non-hydrogen) atoms. The van der Waals surface area contributed by atoms with Crippen molar-refractivity contribution in [2.24, 2.45) is 0 Å². The van der Waals surface area contributed by atoms with E-state index in [0.29, 0.717) is 25.1 Å². The summed E-state index contributed by atoms with van der Waals surface area (Å²) < 4.78 is 13.4. The predicted octanol–water partition coefficient (Wildman–Crippen LogP) is 2.30. The van der Waals surface area contributed by atoms with Gasteiger partial charge < -0.3 is 15.3 Å². The Morgan fingerprint density at radius 3 is 2.67 bits per heavy atom. The third-order valence-electron chi connectivity index (χ3n) is 4.65. The van der Waals surface area contributed by atoms with E-state index in [0.717, 1.165) is 11.6 Å². The number of aliphatic hydroxyl groups is 1. The molecule has 1 heterocycles. The van der Waals surface area contributed by atoms with Crippen molar-refractivity contribution in [3.05, 3.63) is 70.5 Å². The largest absolute Gasteiger partial charge is 0.372 e. The number of carbonyl (C=O) groups excluding carboxylic acids is 2. The molecule has 2 amide bonds. The Balaban J connectivity index is 1.58. The van der Waals surface area contributed by atoms with E-state index in [1.165, 1.54) is 17.0 Å². The van der Waals surface area contributed by atoms with E-state index in [-0.39, 0.29) is 18.0 Å². The summed E-state index contributed by atoms with van der Waals surface area (Å²) in [6.45, 7) is 0.704. The molecule has 1 saturated heterocycles. The molecular formula is C20H20ClFN2O3. The lowest BCUT2D eigenvalue weighted by molar-refractivity contribution is -0.154. The molecule has 0 aliphatic carbocycles. The summed E-state index contributed by atoms with van der Waals surface area (Å²) in [7, 11) is 0. The van der Waals surface area contributed by atoms with E-state index in [2.05, 4.69) is 5.32 Å². The van der Waals surface area contributed by atoms with Gasteiger partial charge >= 0.3 is 0 Å². The first-order valence-corrected chi connectivity index (χ1v) is 9.05. The van der Waals surface area contributed by atoms with E-state index in [4.69, 9.17) is 11.6 Å². The number of rotatable bonds is 6. The molecule has 5 nitrogen and oxygen atoms in total. The average Bonchev–Trinajstić information content (AvgIpc) is 2.94. The quantitative estimate of drug-likeness (QED) is 0.744. The molecule has 1 aliphatic rings. The van der Waals surface area contributed by atoms with Crippen LogP contribution >= 0.6 is 11.6 Å². The van der Waals surface area contributed by atoms with Crippen LogP contribution in [0, 0.1) is 5.82 Å². The van der Waals surface area contributed by atoms with Crippen LogP contribution in [-0.2, 0) is 22.6 Å². The maximum atomic E-state index is 13.4. The molecular weight excluding hydrogens is 371 g/mol. The van der Waals surface area contributed by atoms with Crippen LogP contribution in [0.25, 0.3) is 0 Å². The predicted molar refractivity (Wildman–Crippen MR) is 99.5 cm³/mol. The summed E-state index contributed by atoms with van der Waals surface area (Å²) in [6, 6.07) is 13.6. The van der Waals surface area contributed by atoms with Crippen LogP contribution in [0.2, 0.25) is 5.02 Å². The topological polar surface area (TPSA) is 69.6 Å². The Hall–Kier alpha value is -2.44. The number of hydrogen-bond acceptors (Lipinski definition) is 3. The molecule has 1 fully saturated rings. The summed E-state index contributed by atoms with van der Waals surface area (Å²) >= 11 is 5.78. The van der Waals surface area contributed by atoms with Gasteiger partial charge in [-0.05, 0) is 35.7 Å². The zero-order chi connectivity index (χ0) is 19.4. The molecule has 2 aromatic rings. The van der Waals surface area contributed by atoms with Crippen LogP contribution in [-0.4, -0.2) is 40.5 Å². The van der Waals surface area contributed by atoms with Gasteiger partial charge in [-0.3, -0.25) is 9.59 Å². The van der Waals surface area contributed by atoms with E-state index in [1.807, 2.05) is 30.3 Å². The Morgan fingerprint density at radius 2 is 1.96 bits per heavy atom. The van der Waals surface area contributed by atoms with Gasteiger partial charge in [0.15, 0.2) is 0 Å². The van der Waals surface area contributed by atoms with Crippen LogP contribution in [0.15, 0.2) is 48.5 Å². The SMILES string of the molecule is O=C(NCc1cc(F)cc(Cl)c1)C1(O)CCN(CCc2ccccc2)C1=O. The standard InChI is InChI=1S/C20H20ClFN2O3/c21-16-10-15(11-17(22)12-16)13-23-18(25)20(27)7-9-24(19(20)26)8-6-14-4-2-1-3-5-14/h1-5,10-12,27H,6-9,13H2,(H,23,25). The summed E-state index contributed by atoms with van der Waals surface area (Å²) in [5, 5.41) is 13.3. The molecule has 1 aliphatic heterocycles. The summed E-state index contributed by atoms with van der Waals surface area (Å²) in [4.78, 5) is 26.4. The second-order valence-electron chi connectivity index (χ2n) is 6.60. The highest BCUT2D eigenvalue weighted by Gasteiger charge is 2.50. The van der Waals surface area contributed by atoms with Gasteiger partial charge in [-0.2, -0.15) is 0 Å². The van der Waals surface area contributed by atoms with Crippen LogP contribution in [0.5, 0.6) is 0 Å². The first-order chi connectivity index (χ1) is 12.9. The fourth-order valence-corrected chi connectivity index (χ4v) is 3.39. The number of halogens is 2. The molecule has 2 N–H and O–H groups in total. The third kappa shape index (κ3) is 4.46. The van der Waals surface area contributed by atoms with E-state index < -0.39 is 23.2 Å². The van der Waals surface area contributed by atoms with Crippen LogP contribution in [0.4, 0.5) is 4.39 Å². The molecule has 1 atom stereocenters. The molecule has 0 aromatic heterocycles. The second-order valence-corrected chi connectivity index (χ2v) is 7.03. The monoisotopic (exact) mass is 390 g/mol. The number of carbonyl (C=O) groups is 2. The first-order valence-electron chi connectivity index (χ1n) is 8.67. The van der Waals surface area contributed by atoms with Crippen molar-refractivity contribution in [3.8, 4) is 0 Å². The second kappa shape index (κ2) is 8.06. The highest BCUT2D eigenvalue weighted by molar-refractivity contribution is 6.30. The molecule has 0 bridgehead atoms. The van der Waals surface area contributed by atoms with Crippen molar-refractivity contribution < 1.29 is 19.1 Å². The number of hydrogen-bond donors (Lipinski definition) is 2. The third-order valence-corrected chi connectivity index (χ3v) is 4.87. The van der Waals surface area contributed by atoms with Gasteiger partial charge in [0.25, 0.3) is 11.8 Å². The average molecular weight is 391 g/mol. The Labute approximate surface area is 161 Å². The van der Waals surface area contributed by atoms with Crippen molar-refractivity contribution in [1.82, 2.24) is 10.2 Å². The lowest BCUT2D eigenvalue weighted by Gasteiger charge is -2.21. The fraction of sp³-hybridized carbons (Fsp3) is 0.300. The van der Waals surface area contributed by atoms with Gasteiger partial charge in [-0.1, -0.05) is 41.9 Å². The summed E-state index contributed by atoms with van der Waals surface area (Å²) in [6.07, 6.45) is 0.669. The molecule has 3 rings (SSSR count). The van der Waals surface area contributed by atoms with Gasteiger partial charge in [-0.25, -0.2) is 4.39 Å². The number of likely N-dealkylation sites (tertiary alicyclic amines) is 1. The zero-order valence-electron chi connectivity index (χ0n) is 14.6. The van der Waals surface area contributed by atoms with E-state index in [1.54, 1.807) is 0 Å². The maximum Gasteiger partial charge on any atom is 0.264 e. The molecule has 7 heteroatoms. The van der Waals surface area contributed by atoms with Crippen molar-refractivity contribution in [1.29, 1.82) is 0 Å². The van der Waals surface area contributed by atoms with Crippen molar-refractivity contribution >= 4 is 23.4 Å². The molecule has 0 saturated carbocycles. The fourth-order valence-electron chi connectivity index (χ4n) is 3.14. The van der Waals surface area contributed by atoms with Gasteiger partial charge in [0.2, 0.25) is 5.60 Å². The lowest BCUT2D eigenvalue weighted by Crippen LogP contribution is -2.52. The Morgan fingerprint density at radius 1 is 1.22 bits per heavy atom. The lowest BCUT2D eigenvalue weighted by atomic mass is 10.0. The van der Waals surface area contributed by atoms with Gasteiger partial charge in [-0.15, -0.1) is 0 Å². The van der Waals surface area contributed by atoms with Crippen molar-refractivity contribution in [3.63, 3.8) is 0 Å². The smallest absolute Gasteiger partial charge is 0.264 e. The number of nitrogens with one attached hydrogen (secondary N) is 1. The molecule has 0 radical (unpaired) electrons. The van der Waals surface area contributed by atoms with Gasteiger partial charge in [0.1, 0.15) is 5.82 Å². The van der Waals surface area contributed by atoms with Crippen LogP contribution in [0.3, 0.4) is 0 Å². The molecule has 142 valence electrons. The van der Waals surface area contributed by atoms with Crippen LogP contribution in [0.1, 0.15) is 17.5 Å². The number of amides is 2. The van der Waals surface area contributed by atoms with Gasteiger partial charge in [0, 0.05) is 31.1 Å². The molecule has 1 unspecified atom stereocenters. The minimum atomic E-state index is -2.09. The summed E-state index contributed by atoms with van der Waals surface area (Å²) in [5.74, 6) is -1.90. The normalized spacial score (nSPS) is 19.4. The van der Waals surface area contributed by atoms with Crippen molar-refractivity contribution in [2.45, 2.75) is 25.0 Å². The van der Waals surface area contributed by atoms with Crippen LogP contribution < -0.4 is 5.32 Å². The number of benzene rings is 2. The minimum Gasteiger partial charge on any atom is -0.372 e. The minimum absolute atomic E-state index is 0.0242.